The van der Waals surface area contributed by atoms with Gasteiger partial charge in [-0.1, -0.05) is 31.2 Å². The molecule has 1 unspecified atom stereocenters. The molecule has 3 aliphatic rings. The monoisotopic (exact) mass is 465 g/mol. The van der Waals surface area contributed by atoms with E-state index >= 15 is 0 Å². The van der Waals surface area contributed by atoms with Crippen molar-refractivity contribution in [1.29, 1.82) is 0 Å². The highest BCUT2D eigenvalue weighted by Crippen LogP contribution is 2.59. The molecule has 5 rings (SSSR count). The van der Waals surface area contributed by atoms with E-state index in [9.17, 15) is 19.8 Å². The summed E-state index contributed by atoms with van der Waals surface area (Å²) in [5.74, 6) is -2.03. The van der Waals surface area contributed by atoms with E-state index in [4.69, 9.17) is 10.5 Å². The first-order chi connectivity index (χ1) is 16.0. The number of carbonyl (C=O) groups excluding carboxylic acids is 2. The highest BCUT2D eigenvalue weighted by molar-refractivity contribution is 6.15. The molecular formula is C26H31N3O5. The third-order valence-corrected chi connectivity index (χ3v) is 7.65. The number of likely N-dealkylation sites (N-methyl/N-ethyl adjacent to an activating group) is 1. The molecule has 0 saturated heterocycles. The average molecular weight is 466 g/mol. The normalized spacial score (nSPS) is 27.4. The van der Waals surface area contributed by atoms with Crippen molar-refractivity contribution >= 4 is 17.4 Å². The number of aliphatic hydroxyl groups excluding tert-OH is 1. The molecule has 2 aliphatic carbocycles. The van der Waals surface area contributed by atoms with E-state index in [-0.39, 0.29) is 16.8 Å². The SMILES string of the molecule is C[C@H](O)C(C(=O)N[C@]12C(=O)c3c(N)cccc3[C@@]1(O)Oc1cc([C@@H](C)C3CC3)ccc12)N(C)C. The fourth-order valence-electron chi connectivity index (χ4n) is 5.68. The van der Waals surface area contributed by atoms with Gasteiger partial charge < -0.3 is 26.0 Å². The average Bonchev–Trinajstić information content (AvgIpc) is 3.55. The zero-order chi connectivity index (χ0) is 24.6. The largest absolute Gasteiger partial charge is 0.454 e. The Morgan fingerprint density at radius 3 is 2.53 bits per heavy atom. The van der Waals surface area contributed by atoms with Crippen LogP contribution in [0, 0.1) is 5.92 Å². The summed E-state index contributed by atoms with van der Waals surface area (Å²) in [4.78, 5) is 29.0. The van der Waals surface area contributed by atoms with Crippen molar-refractivity contribution in [1.82, 2.24) is 10.2 Å². The lowest BCUT2D eigenvalue weighted by molar-refractivity contribution is -0.177. The first-order valence-electron chi connectivity index (χ1n) is 11.7. The third-order valence-electron chi connectivity index (χ3n) is 7.65. The Morgan fingerprint density at radius 1 is 1.21 bits per heavy atom. The molecule has 0 radical (unpaired) electrons. The predicted molar refractivity (Wildman–Crippen MR) is 126 cm³/mol. The van der Waals surface area contributed by atoms with Gasteiger partial charge in [0.1, 0.15) is 11.8 Å². The van der Waals surface area contributed by atoms with E-state index in [1.807, 2.05) is 12.1 Å². The van der Waals surface area contributed by atoms with Gasteiger partial charge in [0.15, 0.2) is 0 Å². The minimum Gasteiger partial charge on any atom is -0.454 e. The fourth-order valence-corrected chi connectivity index (χ4v) is 5.68. The number of amides is 1. The summed E-state index contributed by atoms with van der Waals surface area (Å²) < 4.78 is 6.15. The van der Waals surface area contributed by atoms with Crippen molar-refractivity contribution in [3.05, 3.63) is 58.7 Å². The van der Waals surface area contributed by atoms with Crippen LogP contribution in [0.25, 0.3) is 0 Å². The predicted octanol–water partition coefficient (Wildman–Crippen LogP) is 1.84. The maximum absolute atomic E-state index is 14.0. The molecule has 34 heavy (non-hydrogen) atoms. The molecule has 8 heteroatoms. The standard InChI is InChI=1S/C26H31N3O5/c1-13(15-8-9-15)16-10-11-17-20(12-16)34-26(33)18-6-5-7-19(27)21(18)23(31)25(17,26)28-24(32)22(14(2)30)29(3)4/h5-7,10-15,22,30,33H,8-9,27H2,1-4H3,(H,28,32)/t13-,14-,22?,25+,26+/m0/s1. The lowest BCUT2D eigenvalue weighted by Crippen LogP contribution is -2.64. The number of ether oxygens (including phenoxy) is 1. The molecule has 2 aromatic carbocycles. The number of hydrogen-bond acceptors (Lipinski definition) is 7. The molecule has 1 saturated carbocycles. The highest BCUT2D eigenvalue weighted by Gasteiger charge is 2.72. The number of carbonyl (C=O) groups is 2. The summed E-state index contributed by atoms with van der Waals surface area (Å²) in [5.41, 5.74) is 6.19. The minimum absolute atomic E-state index is 0.129. The number of rotatable bonds is 6. The van der Waals surface area contributed by atoms with Gasteiger partial charge in [-0.25, -0.2) is 0 Å². The third kappa shape index (κ3) is 2.95. The summed E-state index contributed by atoms with van der Waals surface area (Å²) in [6.07, 6.45) is 1.34. The Morgan fingerprint density at radius 2 is 1.91 bits per heavy atom. The van der Waals surface area contributed by atoms with Crippen molar-refractivity contribution in [2.75, 3.05) is 19.8 Å². The zero-order valence-electron chi connectivity index (χ0n) is 19.8. The second-order valence-corrected chi connectivity index (χ2v) is 10.1. The fraction of sp³-hybridized carbons (Fsp3) is 0.462. The summed E-state index contributed by atoms with van der Waals surface area (Å²) in [7, 11) is 3.32. The molecule has 1 amide bonds. The molecule has 1 fully saturated rings. The molecule has 1 heterocycles. The first kappa shape index (κ1) is 22.8. The van der Waals surface area contributed by atoms with E-state index in [0.29, 0.717) is 23.1 Å². The van der Waals surface area contributed by atoms with E-state index < -0.39 is 35.2 Å². The van der Waals surface area contributed by atoms with Crippen LogP contribution < -0.4 is 15.8 Å². The van der Waals surface area contributed by atoms with Crippen molar-refractivity contribution in [2.24, 2.45) is 5.92 Å². The number of nitrogens with two attached hydrogens (primary N) is 1. The van der Waals surface area contributed by atoms with Crippen molar-refractivity contribution in [3.63, 3.8) is 0 Å². The van der Waals surface area contributed by atoms with E-state index in [1.54, 1.807) is 43.3 Å². The van der Waals surface area contributed by atoms with Crippen LogP contribution in [0.5, 0.6) is 5.75 Å². The number of benzene rings is 2. The van der Waals surface area contributed by atoms with Gasteiger partial charge >= 0.3 is 0 Å². The maximum Gasteiger partial charge on any atom is 0.271 e. The first-order valence-corrected chi connectivity index (χ1v) is 11.7. The van der Waals surface area contributed by atoms with Crippen LogP contribution in [0.1, 0.15) is 59.7 Å². The highest BCUT2D eigenvalue weighted by atomic mass is 16.6. The lowest BCUT2D eigenvalue weighted by atomic mass is 9.81. The summed E-state index contributed by atoms with van der Waals surface area (Å²) in [6, 6.07) is 9.41. The Kier molecular flexibility index (Phi) is 5.06. The van der Waals surface area contributed by atoms with Gasteiger partial charge in [0, 0.05) is 16.8 Å². The second-order valence-electron chi connectivity index (χ2n) is 10.1. The van der Waals surface area contributed by atoms with Crippen LogP contribution in [-0.4, -0.2) is 53.0 Å². The van der Waals surface area contributed by atoms with Crippen molar-refractivity contribution < 1.29 is 24.5 Å². The quantitative estimate of drug-likeness (QED) is 0.480. The Balaban J connectivity index is 1.68. The number of nitrogens with one attached hydrogen (secondary N) is 1. The lowest BCUT2D eigenvalue weighted by Gasteiger charge is -2.37. The summed E-state index contributed by atoms with van der Waals surface area (Å²) in [5, 5.41) is 25.1. The molecule has 0 spiro atoms. The molecule has 2 aromatic rings. The van der Waals surface area contributed by atoms with E-state index in [2.05, 4.69) is 12.2 Å². The molecular weight excluding hydrogens is 434 g/mol. The summed E-state index contributed by atoms with van der Waals surface area (Å²) >= 11 is 0. The van der Waals surface area contributed by atoms with Gasteiger partial charge in [-0.15, -0.1) is 0 Å². The second kappa shape index (κ2) is 7.53. The molecule has 5 atom stereocenters. The van der Waals surface area contributed by atoms with Gasteiger partial charge in [0.25, 0.3) is 5.79 Å². The molecule has 0 aromatic heterocycles. The number of fused-ring (bicyclic) bond motifs is 5. The van der Waals surface area contributed by atoms with E-state index in [0.717, 1.165) is 5.56 Å². The number of hydrogen-bond donors (Lipinski definition) is 4. The van der Waals surface area contributed by atoms with Gasteiger partial charge in [0.2, 0.25) is 17.2 Å². The maximum atomic E-state index is 14.0. The van der Waals surface area contributed by atoms with Crippen LogP contribution >= 0.6 is 0 Å². The number of nitrogens with zero attached hydrogens (tertiary/aromatic N) is 1. The number of aliphatic hydroxyl groups is 2. The summed E-state index contributed by atoms with van der Waals surface area (Å²) in [6.45, 7) is 3.66. The molecule has 8 nitrogen and oxygen atoms in total. The van der Waals surface area contributed by atoms with Crippen LogP contribution in [0.2, 0.25) is 0 Å². The van der Waals surface area contributed by atoms with Crippen LogP contribution in [0.15, 0.2) is 36.4 Å². The Bertz CT molecular complexity index is 1180. The zero-order valence-corrected chi connectivity index (χ0v) is 19.8. The van der Waals surface area contributed by atoms with Gasteiger partial charge in [-0.3, -0.25) is 14.5 Å². The van der Waals surface area contributed by atoms with E-state index in [1.165, 1.54) is 19.8 Å². The molecule has 1 aliphatic heterocycles. The van der Waals surface area contributed by atoms with Crippen molar-refractivity contribution in [2.45, 2.75) is 56.1 Å². The molecule has 180 valence electrons. The van der Waals surface area contributed by atoms with Gasteiger partial charge in [0.05, 0.1) is 11.7 Å². The van der Waals surface area contributed by atoms with Crippen LogP contribution in [0.3, 0.4) is 0 Å². The number of ketones is 1. The number of nitrogen functional groups attached to an aromatic ring is 1. The van der Waals surface area contributed by atoms with Gasteiger partial charge in [-0.2, -0.15) is 0 Å². The molecule has 0 bridgehead atoms. The topological polar surface area (TPSA) is 125 Å². The Labute approximate surface area is 198 Å². The smallest absolute Gasteiger partial charge is 0.271 e. The van der Waals surface area contributed by atoms with Crippen molar-refractivity contribution in [3.8, 4) is 5.75 Å². The Hall–Kier alpha value is -2.94. The molecule has 5 N–H and O–H groups in total. The number of anilines is 1. The number of Topliss-reactive ketones (excluding diaryl/α,β-unsaturated/α-hetero) is 1. The van der Waals surface area contributed by atoms with Crippen LogP contribution in [0.4, 0.5) is 5.69 Å². The van der Waals surface area contributed by atoms with Gasteiger partial charge in [-0.05, 0) is 63.4 Å². The van der Waals surface area contributed by atoms with Crippen LogP contribution in [-0.2, 0) is 16.1 Å². The minimum atomic E-state index is -2.18.